The van der Waals surface area contributed by atoms with Gasteiger partial charge in [-0.15, -0.1) is 0 Å². The zero-order chi connectivity index (χ0) is 23.5. The number of amides is 1. The third-order valence-electron chi connectivity index (χ3n) is 6.35. The number of benzene rings is 2. The highest BCUT2D eigenvalue weighted by Crippen LogP contribution is 2.41. The summed E-state index contributed by atoms with van der Waals surface area (Å²) < 4.78 is 5.38. The Balaban J connectivity index is 1.85. The van der Waals surface area contributed by atoms with E-state index in [-0.39, 0.29) is 11.3 Å². The number of likely N-dealkylation sites (N-methyl/N-ethyl adjacent to an activating group) is 1. The van der Waals surface area contributed by atoms with Gasteiger partial charge in [-0.05, 0) is 36.9 Å². The second kappa shape index (κ2) is 9.50. The fraction of sp³-hybridized carbons (Fsp3) is 0.308. The number of rotatable bonds is 8. The number of Topliss-reactive ketones (excluding diaryl/α,β-unsaturated/α-hetero) is 1. The van der Waals surface area contributed by atoms with Crippen LogP contribution in [-0.2, 0) is 9.59 Å². The van der Waals surface area contributed by atoms with E-state index in [0.29, 0.717) is 24.4 Å². The van der Waals surface area contributed by atoms with Gasteiger partial charge < -0.3 is 24.6 Å². The van der Waals surface area contributed by atoms with Gasteiger partial charge in [0.1, 0.15) is 11.5 Å². The summed E-state index contributed by atoms with van der Waals surface area (Å²) in [6.07, 6.45) is 1.67. The number of aromatic amines is 1. The number of nitrogens with zero attached hydrogens (tertiary/aromatic N) is 2. The van der Waals surface area contributed by atoms with Crippen LogP contribution in [0.25, 0.3) is 16.7 Å². The maximum atomic E-state index is 13.2. The first kappa shape index (κ1) is 22.6. The first-order valence-corrected chi connectivity index (χ1v) is 11.2. The number of aliphatic hydroxyl groups excluding tert-OH is 1. The lowest BCUT2D eigenvalue weighted by molar-refractivity contribution is -0.140. The van der Waals surface area contributed by atoms with Gasteiger partial charge in [0, 0.05) is 35.8 Å². The lowest BCUT2D eigenvalue weighted by atomic mass is 9.95. The van der Waals surface area contributed by atoms with E-state index in [1.165, 1.54) is 0 Å². The average molecular weight is 448 g/mol. The molecule has 2 N–H and O–H groups in total. The number of H-pyrrole nitrogens is 1. The third-order valence-corrected chi connectivity index (χ3v) is 6.35. The van der Waals surface area contributed by atoms with Crippen molar-refractivity contribution in [1.82, 2.24) is 14.8 Å². The van der Waals surface area contributed by atoms with Gasteiger partial charge in [-0.25, -0.2) is 0 Å². The fourth-order valence-corrected chi connectivity index (χ4v) is 4.47. The van der Waals surface area contributed by atoms with Crippen molar-refractivity contribution < 1.29 is 19.4 Å². The Labute approximate surface area is 193 Å². The van der Waals surface area contributed by atoms with Crippen molar-refractivity contribution in [2.45, 2.75) is 19.9 Å². The third kappa shape index (κ3) is 4.12. The molecule has 7 nitrogen and oxygen atoms in total. The summed E-state index contributed by atoms with van der Waals surface area (Å²) in [4.78, 5) is 33.3. The summed E-state index contributed by atoms with van der Waals surface area (Å²) in [7, 11) is 1.57. The van der Waals surface area contributed by atoms with Crippen LogP contribution < -0.4 is 4.74 Å². The van der Waals surface area contributed by atoms with Crippen LogP contribution in [0, 0.1) is 0 Å². The minimum Gasteiger partial charge on any atom is -0.507 e. The number of ketones is 1. The molecule has 1 saturated heterocycles. The van der Waals surface area contributed by atoms with E-state index < -0.39 is 17.7 Å². The molecule has 0 saturated carbocycles. The SMILES string of the molecule is CCN(CC)CCN1C(=O)C(=O)/C(=C(\O)c2c[nH]c3ccccc23)C1c1cccc(OC)c1. The van der Waals surface area contributed by atoms with Crippen LogP contribution in [0.15, 0.2) is 60.3 Å². The van der Waals surface area contributed by atoms with Crippen LogP contribution in [0.3, 0.4) is 0 Å². The molecule has 1 aliphatic heterocycles. The zero-order valence-electron chi connectivity index (χ0n) is 19.2. The Morgan fingerprint density at radius 1 is 1.12 bits per heavy atom. The molecule has 2 heterocycles. The van der Waals surface area contributed by atoms with Gasteiger partial charge in [0.15, 0.2) is 0 Å². The predicted octanol–water partition coefficient (Wildman–Crippen LogP) is 3.94. The van der Waals surface area contributed by atoms with Crippen LogP contribution in [-0.4, -0.2) is 64.9 Å². The first-order valence-electron chi connectivity index (χ1n) is 11.2. The molecule has 1 fully saturated rings. The zero-order valence-corrected chi connectivity index (χ0v) is 19.2. The van der Waals surface area contributed by atoms with Crippen molar-refractivity contribution in [2.24, 2.45) is 0 Å². The van der Waals surface area contributed by atoms with E-state index in [9.17, 15) is 14.7 Å². The molecule has 3 aromatic rings. The molecule has 0 bridgehead atoms. The van der Waals surface area contributed by atoms with E-state index in [1.807, 2.05) is 48.5 Å². The molecule has 1 aliphatic rings. The Hall–Kier alpha value is -3.58. The van der Waals surface area contributed by atoms with E-state index >= 15 is 0 Å². The van der Waals surface area contributed by atoms with Crippen LogP contribution in [0.2, 0.25) is 0 Å². The summed E-state index contributed by atoms with van der Waals surface area (Å²) in [5.74, 6) is -0.834. The highest BCUT2D eigenvalue weighted by molar-refractivity contribution is 6.46. The lowest BCUT2D eigenvalue weighted by Gasteiger charge is -2.28. The minimum absolute atomic E-state index is 0.0950. The number of para-hydroxylation sites is 1. The largest absolute Gasteiger partial charge is 0.507 e. The summed E-state index contributed by atoms with van der Waals surface area (Å²) >= 11 is 0. The molecule has 0 radical (unpaired) electrons. The van der Waals surface area contributed by atoms with Crippen molar-refractivity contribution >= 4 is 28.4 Å². The van der Waals surface area contributed by atoms with E-state index in [0.717, 1.165) is 29.6 Å². The molecule has 1 unspecified atom stereocenters. The molecule has 0 spiro atoms. The van der Waals surface area contributed by atoms with Gasteiger partial charge >= 0.3 is 0 Å². The smallest absolute Gasteiger partial charge is 0.295 e. The number of hydrogen-bond donors (Lipinski definition) is 2. The highest BCUT2D eigenvalue weighted by atomic mass is 16.5. The second-order valence-electron chi connectivity index (χ2n) is 8.04. The quantitative estimate of drug-likeness (QED) is 0.310. The maximum Gasteiger partial charge on any atom is 0.295 e. The number of nitrogens with one attached hydrogen (secondary N) is 1. The predicted molar refractivity (Wildman–Crippen MR) is 128 cm³/mol. The minimum atomic E-state index is -0.704. The van der Waals surface area contributed by atoms with Gasteiger partial charge in [0.2, 0.25) is 0 Å². The van der Waals surface area contributed by atoms with Crippen molar-refractivity contribution in [3.8, 4) is 5.75 Å². The molecule has 7 heteroatoms. The number of aliphatic hydroxyl groups is 1. The van der Waals surface area contributed by atoms with Gasteiger partial charge in [0.25, 0.3) is 11.7 Å². The molecule has 1 amide bonds. The number of carbonyl (C=O) groups is 2. The Kier molecular flexibility index (Phi) is 6.51. The van der Waals surface area contributed by atoms with Gasteiger partial charge in [0.05, 0.1) is 18.7 Å². The lowest BCUT2D eigenvalue weighted by Crippen LogP contribution is -2.38. The molecular weight excluding hydrogens is 418 g/mol. The van der Waals surface area contributed by atoms with Crippen LogP contribution in [0.4, 0.5) is 0 Å². The first-order chi connectivity index (χ1) is 16.0. The maximum absolute atomic E-state index is 13.2. The van der Waals surface area contributed by atoms with Crippen molar-refractivity contribution in [3.05, 3.63) is 71.4 Å². The van der Waals surface area contributed by atoms with E-state index in [4.69, 9.17) is 4.74 Å². The normalized spacial score (nSPS) is 17.9. The number of fused-ring (bicyclic) bond motifs is 1. The molecule has 1 atom stereocenters. The number of methoxy groups -OCH3 is 1. The Morgan fingerprint density at radius 2 is 1.88 bits per heavy atom. The van der Waals surface area contributed by atoms with Crippen molar-refractivity contribution in [1.29, 1.82) is 0 Å². The number of hydrogen-bond acceptors (Lipinski definition) is 5. The summed E-state index contributed by atoms with van der Waals surface area (Å²) in [6.45, 7) is 6.83. The molecule has 0 aliphatic carbocycles. The average Bonchev–Trinajstić information content (AvgIpc) is 3.39. The summed E-state index contributed by atoms with van der Waals surface area (Å²) in [5, 5.41) is 12.1. The number of aromatic nitrogens is 1. The summed E-state index contributed by atoms with van der Waals surface area (Å²) in [6, 6.07) is 14.1. The molecule has 33 heavy (non-hydrogen) atoms. The standard InChI is InChI=1S/C26H29N3O4/c1-4-28(5-2)13-14-29-23(17-9-8-10-18(15-17)33-3)22(25(31)26(29)32)24(30)20-16-27-21-12-7-6-11-19(20)21/h6-12,15-16,23,27,30H,4-5,13-14H2,1-3H3/b24-22-. The molecule has 1 aromatic heterocycles. The van der Waals surface area contributed by atoms with Crippen LogP contribution >= 0.6 is 0 Å². The number of ether oxygens (including phenoxy) is 1. The second-order valence-corrected chi connectivity index (χ2v) is 8.04. The number of likely N-dealkylation sites (tertiary alicyclic amines) is 1. The van der Waals surface area contributed by atoms with Gasteiger partial charge in [-0.1, -0.05) is 44.2 Å². The van der Waals surface area contributed by atoms with Crippen molar-refractivity contribution in [2.75, 3.05) is 33.3 Å². The van der Waals surface area contributed by atoms with Crippen molar-refractivity contribution in [3.63, 3.8) is 0 Å². The van der Waals surface area contributed by atoms with Crippen LogP contribution in [0.1, 0.15) is 31.0 Å². The molecular formula is C26H29N3O4. The van der Waals surface area contributed by atoms with E-state index in [1.54, 1.807) is 18.2 Å². The summed E-state index contributed by atoms with van der Waals surface area (Å²) in [5.41, 5.74) is 2.15. The monoisotopic (exact) mass is 447 g/mol. The fourth-order valence-electron chi connectivity index (χ4n) is 4.47. The molecule has 4 rings (SSSR count). The van der Waals surface area contributed by atoms with Gasteiger partial charge in [-0.2, -0.15) is 0 Å². The molecule has 172 valence electrons. The van der Waals surface area contributed by atoms with E-state index in [2.05, 4.69) is 23.7 Å². The van der Waals surface area contributed by atoms with Crippen LogP contribution in [0.5, 0.6) is 5.75 Å². The highest BCUT2D eigenvalue weighted by Gasteiger charge is 2.46. The molecule has 2 aromatic carbocycles. The Morgan fingerprint density at radius 3 is 2.61 bits per heavy atom. The Bertz CT molecular complexity index is 1210. The van der Waals surface area contributed by atoms with Gasteiger partial charge in [-0.3, -0.25) is 9.59 Å². The topological polar surface area (TPSA) is 85.9 Å². The number of carbonyl (C=O) groups excluding carboxylic acids is 2.